The normalized spacial score (nSPS) is 32.7. The van der Waals surface area contributed by atoms with E-state index in [4.69, 9.17) is 9.47 Å². The summed E-state index contributed by atoms with van der Waals surface area (Å²) in [5.41, 5.74) is 0. The molecule has 3 rings (SSSR count). The smallest absolute Gasteiger partial charge is 0.323 e. The molecule has 3 fully saturated rings. The summed E-state index contributed by atoms with van der Waals surface area (Å²) in [7, 11) is 0. The van der Waals surface area contributed by atoms with Crippen LogP contribution in [0.4, 0.5) is 0 Å². The minimum atomic E-state index is -0.0316. The number of piperidine rings is 1. The quantitative estimate of drug-likeness (QED) is 0.715. The molecule has 0 spiro atoms. The lowest BCUT2D eigenvalue weighted by molar-refractivity contribution is -0.145. The van der Waals surface area contributed by atoms with Gasteiger partial charge in [0.1, 0.15) is 12.1 Å². The molecule has 120 valence electrons. The van der Waals surface area contributed by atoms with Crippen LogP contribution in [-0.2, 0) is 14.3 Å². The van der Waals surface area contributed by atoms with Gasteiger partial charge in [0, 0.05) is 26.1 Å². The second-order valence-corrected chi connectivity index (χ2v) is 6.65. The first-order valence-electron chi connectivity index (χ1n) is 8.51. The number of hydrogen-bond acceptors (Lipinski definition) is 5. The lowest BCUT2D eigenvalue weighted by Gasteiger charge is -2.34. The second kappa shape index (κ2) is 7.07. The van der Waals surface area contributed by atoms with Gasteiger partial charge in [-0.05, 0) is 45.7 Å². The Balaban J connectivity index is 1.34. The van der Waals surface area contributed by atoms with Crippen LogP contribution in [0.3, 0.4) is 0 Å². The van der Waals surface area contributed by atoms with Crippen LogP contribution in [0.15, 0.2) is 0 Å². The van der Waals surface area contributed by atoms with E-state index in [9.17, 15) is 4.79 Å². The summed E-state index contributed by atoms with van der Waals surface area (Å²) in [6.07, 6.45) is 6.06. The maximum Gasteiger partial charge on any atom is 0.323 e. The number of carbonyl (C=O) groups excluding carboxylic acids is 1. The third-order valence-corrected chi connectivity index (χ3v) is 5.02. The fourth-order valence-corrected chi connectivity index (χ4v) is 3.74. The SMILES string of the molecule is C[C@@H]1C[C@H](N2CCC(OCCN3CCCC3)CC2)C(=O)O1. The van der Waals surface area contributed by atoms with Crippen molar-refractivity contribution >= 4 is 5.97 Å². The van der Waals surface area contributed by atoms with Crippen molar-refractivity contribution in [1.82, 2.24) is 9.80 Å². The van der Waals surface area contributed by atoms with Crippen molar-refractivity contribution in [3.05, 3.63) is 0 Å². The van der Waals surface area contributed by atoms with Gasteiger partial charge in [0.15, 0.2) is 0 Å². The van der Waals surface area contributed by atoms with Crippen molar-refractivity contribution in [2.45, 2.75) is 57.3 Å². The molecular weight excluding hydrogens is 268 g/mol. The molecule has 0 amide bonds. The summed E-state index contributed by atoms with van der Waals surface area (Å²) in [6.45, 7) is 8.31. The Hall–Kier alpha value is -0.650. The number of likely N-dealkylation sites (tertiary alicyclic amines) is 2. The average molecular weight is 296 g/mol. The van der Waals surface area contributed by atoms with Crippen molar-refractivity contribution in [2.75, 3.05) is 39.3 Å². The molecule has 3 heterocycles. The molecule has 0 aromatic rings. The van der Waals surface area contributed by atoms with Crippen LogP contribution >= 0.6 is 0 Å². The van der Waals surface area contributed by atoms with E-state index in [0.29, 0.717) is 6.10 Å². The molecule has 0 radical (unpaired) electrons. The first-order chi connectivity index (χ1) is 10.2. The Morgan fingerprint density at radius 2 is 1.90 bits per heavy atom. The fourth-order valence-electron chi connectivity index (χ4n) is 3.74. The third-order valence-electron chi connectivity index (χ3n) is 5.02. The Bertz CT molecular complexity index is 349. The molecular formula is C16H28N2O3. The second-order valence-electron chi connectivity index (χ2n) is 6.65. The summed E-state index contributed by atoms with van der Waals surface area (Å²) >= 11 is 0. The third kappa shape index (κ3) is 3.96. The van der Waals surface area contributed by atoms with Crippen LogP contribution in [0.5, 0.6) is 0 Å². The highest BCUT2D eigenvalue weighted by Gasteiger charge is 2.37. The van der Waals surface area contributed by atoms with Crippen LogP contribution in [-0.4, -0.2) is 73.3 Å². The molecule has 0 aliphatic carbocycles. The average Bonchev–Trinajstić information content (AvgIpc) is 3.09. The number of rotatable bonds is 5. The van der Waals surface area contributed by atoms with Gasteiger partial charge in [0.05, 0.1) is 12.7 Å². The lowest BCUT2D eigenvalue weighted by atomic mass is 10.0. The predicted molar refractivity (Wildman–Crippen MR) is 80.2 cm³/mol. The number of ether oxygens (including phenoxy) is 2. The van der Waals surface area contributed by atoms with Gasteiger partial charge in [-0.1, -0.05) is 0 Å². The number of esters is 1. The molecule has 0 saturated carbocycles. The van der Waals surface area contributed by atoms with Gasteiger partial charge in [0.25, 0.3) is 0 Å². The van der Waals surface area contributed by atoms with Crippen LogP contribution in [0.1, 0.15) is 39.0 Å². The van der Waals surface area contributed by atoms with E-state index in [1.807, 2.05) is 6.92 Å². The molecule has 0 bridgehead atoms. The first kappa shape index (κ1) is 15.3. The van der Waals surface area contributed by atoms with Gasteiger partial charge in [0.2, 0.25) is 0 Å². The van der Waals surface area contributed by atoms with Crippen LogP contribution < -0.4 is 0 Å². The largest absolute Gasteiger partial charge is 0.461 e. The minimum Gasteiger partial charge on any atom is -0.461 e. The molecule has 0 aromatic heterocycles. The molecule has 5 heteroatoms. The highest BCUT2D eigenvalue weighted by atomic mass is 16.6. The van der Waals surface area contributed by atoms with E-state index < -0.39 is 0 Å². The maximum absolute atomic E-state index is 11.8. The molecule has 3 saturated heterocycles. The van der Waals surface area contributed by atoms with Gasteiger partial charge in [-0.25, -0.2) is 0 Å². The minimum absolute atomic E-state index is 0.00875. The summed E-state index contributed by atoms with van der Waals surface area (Å²) in [5.74, 6) is -0.0316. The lowest BCUT2D eigenvalue weighted by Crippen LogP contribution is -2.45. The van der Waals surface area contributed by atoms with E-state index in [1.165, 1.54) is 25.9 Å². The van der Waals surface area contributed by atoms with Crippen molar-refractivity contribution < 1.29 is 14.3 Å². The van der Waals surface area contributed by atoms with Crippen LogP contribution in [0, 0.1) is 0 Å². The van der Waals surface area contributed by atoms with Gasteiger partial charge in [-0.15, -0.1) is 0 Å². The first-order valence-corrected chi connectivity index (χ1v) is 8.51. The summed E-state index contributed by atoms with van der Waals surface area (Å²) in [5, 5.41) is 0. The Morgan fingerprint density at radius 3 is 2.52 bits per heavy atom. The summed E-state index contributed by atoms with van der Waals surface area (Å²) in [4.78, 5) is 16.6. The summed E-state index contributed by atoms with van der Waals surface area (Å²) in [6, 6.07) is -0.00875. The predicted octanol–water partition coefficient (Wildman–Crippen LogP) is 1.27. The molecule has 0 aromatic carbocycles. The van der Waals surface area contributed by atoms with Crippen molar-refractivity contribution in [2.24, 2.45) is 0 Å². The van der Waals surface area contributed by atoms with Crippen molar-refractivity contribution in [3.63, 3.8) is 0 Å². The zero-order chi connectivity index (χ0) is 14.7. The van der Waals surface area contributed by atoms with Crippen molar-refractivity contribution in [3.8, 4) is 0 Å². The van der Waals surface area contributed by atoms with Gasteiger partial charge >= 0.3 is 5.97 Å². The maximum atomic E-state index is 11.8. The molecule has 3 aliphatic heterocycles. The number of nitrogens with zero attached hydrogens (tertiary/aromatic N) is 2. The Kier molecular flexibility index (Phi) is 5.14. The van der Waals surface area contributed by atoms with Crippen LogP contribution in [0.2, 0.25) is 0 Å². The topological polar surface area (TPSA) is 42.0 Å². The van der Waals surface area contributed by atoms with Crippen molar-refractivity contribution in [1.29, 1.82) is 0 Å². The van der Waals surface area contributed by atoms with Crippen LogP contribution in [0.25, 0.3) is 0 Å². The molecule has 21 heavy (non-hydrogen) atoms. The van der Waals surface area contributed by atoms with E-state index in [2.05, 4.69) is 9.80 Å². The zero-order valence-corrected chi connectivity index (χ0v) is 13.1. The Labute approximate surface area is 127 Å². The number of hydrogen-bond donors (Lipinski definition) is 0. The monoisotopic (exact) mass is 296 g/mol. The van der Waals surface area contributed by atoms with E-state index in [-0.39, 0.29) is 18.1 Å². The molecule has 3 aliphatic rings. The van der Waals surface area contributed by atoms with Gasteiger partial charge in [-0.3, -0.25) is 9.69 Å². The molecule has 0 unspecified atom stereocenters. The van der Waals surface area contributed by atoms with Gasteiger partial charge in [-0.2, -0.15) is 0 Å². The molecule has 0 N–H and O–H groups in total. The zero-order valence-electron chi connectivity index (χ0n) is 13.1. The highest BCUT2D eigenvalue weighted by Crippen LogP contribution is 2.24. The standard InChI is InChI=1S/C16H28N2O3/c1-13-12-15(16(19)21-13)18-8-4-14(5-9-18)20-11-10-17-6-2-3-7-17/h13-15H,2-12H2,1H3/t13-,15+/m1/s1. The van der Waals surface area contributed by atoms with E-state index in [1.54, 1.807) is 0 Å². The molecule has 5 nitrogen and oxygen atoms in total. The number of carbonyl (C=O) groups is 1. The molecule has 2 atom stereocenters. The number of cyclic esters (lactones) is 1. The summed E-state index contributed by atoms with van der Waals surface area (Å²) < 4.78 is 11.3. The van der Waals surface area contributed by atoms with E-state index >= 15 is 0 Å². The Morgan fingerprint density at radius 1 is 1.19 bits per heavy atom. The van der Waals surface area contributed by atoms with E-state index in [0.717, 1.165) is 45.5 Å². The van der Waals surface area contributed by atoms with Gasteiger partial charge < -0.3 is 14.4 Å². The highest BCUT2D eigenvalue weighted by molar-refractivity contribution is 5.78. The fraction of sp³-hybridized carbons (Fsp3) is 0.938.